The highest BCUT2D eigenvalue weighted by molar-refractivity contribution is 7.81. The van der Waals surface area contributed by atoms with E-state index in [0.717, 1.165) is 0 Å². The Morgan fingerprint density at radius 2 is 1.44 bits per heavy atom. The second-order valence-corrected chi connectivity index (χ2v) is 6.58. The highest BCUT2D eigenvalue weighted by atomic mass is 32.3. The normalized spacial score (nSPS) is 14.7. The third kappa shape index (κ3) is 10.8. The second-order valence-electron chi connectivity index (χ2n) is 4.44. The van der Waals surface area contributed by atoms with Crippen LogP contribution in [0.3, 0.4) is 0 Å². The van der Waals surface area contributed by atoms with E-state index in [-0.39, 0.29) is 18.1 Å². The molecule has 4 N–H and O–H groups in total. The molecule has 25 heavy (non-hydrogen) atoms. The van der Waals surface area contributed by atoms with Crippen molar-refractivity contribution < 1.29 is 54.0 Å². The fraction of sp³-hybridized carbons (Fsp3) is 0.455. The number of benzene rings is 1. The van der Waals surface area contributed by atoms with Crippen LogP contribution in [0, 0.1) is 0 Å². The average Bonchev–Trinajstić information content (AvgIpc) is 2.47. The van der Waals surface area contributed by atoms with E-state index >= 15 is 0 Å². The molecule has 0 aromatic heterocycles. The lowest BCUT2D eigenvalue weighted by atomic mass is 10.3. The number of rotatable bonds is 11. The van der Waals surface area contributed by atoms with Gasteiger partial charge in [0.1, 0.15) is 30.8 Å². The van der Waals surface area contributed by atoms with E-state index in [2.05, 4.69) is 8.37 Å². The van der Waals surface area contributed by atoms with E-state index in [1.54, 1.807) is 0 Å². The molecule has 2 atom stereocenters. The van der Waals surface area contributed by atoms with E-state index in [9.17, 15) is 27.0 Å². The molecule has 14 heteroatoms. The molecule has 0 aliphatic carbocycles. The molecule has 0 spiro atoms. The summed E-state index contributed by atoms with van der Waals surface area (Å²) in [6.07, 6.45) is -3.28. The van der Waals surface area contributed by atoms with Gasteiger partial charge in [-0.15, -0.1) is 0 Å². The fourth-order valence-corrected chi connectivity index (χ4v) is 2.06. The maximum absolute atomic E-state index is 10.4. The third-order valence-corrected chi connectivity index (χ3v) is 3.18. The van der Waals surface area contributed by atoms with E-state index < -0.39 is 46.4 Å². The Labute approximate surface area is 143 Å². The van der Waals surface area contributed by atoms with Crippen molar-refractivity contribution in [2.45, 2.75) is 12.4 Å². The maximum Gasteiger partial charge on any atom is 0.400 e. The molecule has 0 amide bonds. The molecule has 0 aliphatic heterocycles. The molecule has 12 nitrogen and oxygen atoms in total. The second kappa shape index (κ2) is 9.25. The zero-order valence-corrected chi connectivity index (χ0v) is 14.1. The Bertz CT molecular complexity index is 744. The summed E-state index contributed by atoms with van der Waals surface area (Å²) in [5, 5.41) is 18.6. The first kappa shape index (κ1) is 21.5. The number of hydrogen-bond acceptors (Lipinski definition) is 10. The van der Waals surface area contributed by atoms with Crippen LogP contribution in [0.1, 0.15) is 0 Å². The zero-order valence-electron chi connectivity index (χ0n) is 12.5. The van der Waals surface area contributed by atoms with Gasteiger partial charge in [0.25, 0.3) is 0 Å². The molecule has 1 aromatic carbocycles. The predicted octanol–water partition coefficient (Wildman–Crippen LogP) is -1.24. The Kier molecular flexibility index (Phi) is 7.97. The molecule has 1 aromatic rings. The summed E-state index contributed by atoms with van der Waals surface area (Å²) in [5.74, 6) is 0.327. The van der Waals surface area contributed by atoms with Crippen molar-refractivity contribution in [3.63, 3.8) is 0 Å². The van der Waals surface area contributed by atoms with Crippen LogP contribution >= 0.6 is 0 Å². The summed E-state index contributed by atoms with van der Waals surface area (Å²) in [6.45, 7) is -1.70. The first-order chi connectivity index (χ1) is 11.4. The number of aliphatic hydroxyl groups is 2. The Hall–Kier alpha value is -1.52. The Balaban J connectivity index is 2.46. The first-order valence-electron chi connectivity index (χ1n) is 6.44. The van der Waals surface area contributed by atoms with Crippen molar-refractivity contribution in [2.24, 2.45) is 0 Å². The van der Waals surface area contributed by atoms with Gasteiger partial charge in [0.05, 0.1) is 6.61 Å². The number of ether oxygens (including phenoxy) is 2. The van der Waals surface area contributed by atoms with Gasteiger partial charge in [-0.05, 0) is 12.1 Å². The monoisotopic (exact) mass is 404 g/mol. The summed E-state index contributed by atoms with van der Waals surface area (Å²) in [6, 6.07) is 5.69. The summed E-state index contributed by atoms with van der Waals surface area (Å²) in [4.78, 5) is 0. The van der Waals surface area contributed by atoms with Gasteiger partial charge in [0, 0.05) is 6.07 Å². The van der Waals surface area contributed by atoms with Crippen molar-refractivity contribution in [1.82, 2.24) is 0 Å². The van der Waals surface area contributed by atoms with Gasteiger partial charge < -0.3 is 19.7 Å². The minimum Gasteiger partial charge on any atom is -0.491 e. The van der Waals surface area contributed by atoms with E-state index in [1.165, 1.54) is 24.3 Å². The zero-order chi connectivity index (χ0) is 19.1. The molecule has 0 heterocycles. The molecule has 144 valence electrons. The van der Waals surface area contributed by atoms with Gasteiger partial charge in [0.15, 0.2) is 0 Å². The third-order valence-electron chi connectivity index (χ3n) is 2.28. The van der Waals surface area contributed by atoms with Gasteiger partial charge in [-0.1, -0.05) is 6.07 Å². The molecular formula is C11H16O12S2. The summed E-state index contributed by atoms with van der Waals surface area (Å²) in [5.41, 5.74) is 0. The van der Waals surface area contributed by atoms with Crippen molar-refractivity contribution >= 4 is 20.8 Å². The van der Waals surface area contributed by atoms with Crippen LogP contribution in [0.2, 0.25) is 0 Å². The van der Waals surface area contributed by atoms with Gasteiger partial charge in [0.2, 0.25) is 6.29 Å². The molecule has 0 aliphatic rings. The summed E-state index contributed by atoms with van der Waals surface area (Å²) < 4.78 is 76.2. The van der Waals surface area contributed by atoms with Crippen molar-refractivity contribution in [2.75, 3.05) is 19.8 Å². The molecule has 0 saturated heterocycles. The molecule has 0 radical (unpaired) electrons. The van der Waals surface area contributed by atoms with Crippen molar-refractivity contribution in [3.05, 3.63) is 24.3 Å². The molecule has 1 rings (SSSR count). The maximum atomic E-state index is 10.4. The van der Waals surface area contributed by atoms with Crippen LogP contribution < -0.4 is 9.47 Å². The van der Waals surface area contributed by atoms with Gasteiger partial charge in [-0.3, -0.25) is 9.11 Å². The van der Waals surface area contributed by atoms with Crippen LogP contribution in [-0.2, 0) is 29.2 Å². The smallest absolute Gasteiger partial charge is 0.400 e. The predicted molar refractivity (Wildman–Crippen MR) is 79.6 cm³/mol. The Morgan fingerprint density at radius 3 is 1.96 bits per heavy atom. The van der Waals surface area contributed by atoms with Crippen LogP contribution in [-0.4, -0.2) is 68.4 Å². The van der Waals surface area contributed by atoms with Crippen LogP contribution in [0.4, 0.5) is 0 Å². The van der Waals surface area contributed by atoms with Crippen LogP contribution in [0.25, 0.3) is 0 Å². The van der Waals surface area contributed by atoms with E-state index in [4.69, 9.17) is 18.6 Å². The largest absolute Gasteiger partial charge is 0.491 e. The Morgan fingerprint density at radius 1 is 0.880 bits per heavy atom. The van der Waals surface area contributed by atoms with E-state index in [0.29, 0.717) is 0 Å². The summed E-state index contributed by atoms with van der Waals surface area (Å²) in [7, 11) is -9.49. The lowest BCUT2D eigenvalue weighted by molar-refractivity contribution is -0.0495. The topological polar surface area (TPSA) is 186 Å². The minimum absolute atomic E-state index is 0.138. The first-order valence-corrected chi connectivity index (χ1v) is 9.17. The number of aliphatic hydroxyl groups excluding tert-OH is 2. The van der Waals surface area contributed by atoms with Crippen molar-refractivity contribution in [1.29, 1.82) is 0 Å². The highest BCUT2D eigenvalue weighted by Gasteiger charge is 2.15. The van der Waals surface area contributed by atoms with Crippen LogP contribution in [0.5, 0.6) is 11.5 Å². The quantitative estimate of drug-likeness (QED) is 0.254. The standard InChI is InChI=1S/C11H16O12S2/c12-8(6-22-24(14,15)16)5-20-9-2-1-3-10(4-9)21-7-11(13)23-25(17,18)19/h1-4,8,11-13H,5-7H2,(H,14,15,16)(H,17,18,19). The van der Waals surface area contributed by atoms with Crippen molar-refractivity contribution in [3.8, 4) is 11.5 Å². The molecule has 0 saturated carbocycles. The molecule has 0 bridgehead atoms. The van der Waals surface area contributed by atoms with E-state index in [1.807, 2.05) is 0 Å². The SMILES string of the molecule is O=S(=O)(O)OCC(O)COc1cccc(OCC(O)OS(=O)(=O)O)c1. The molecule has 2 unspecified atom stereocenters. The minimum atomic E-state index is -4.83. The average molecular weight is 404 g/mol. The fourth-order valence-electron chi connectivity index (χ4n) is 1.39. The highest BCUT2D eigenvalue weighted by Crippen LogP contribution is 2.20. The van der Waals surface area contributed by atoms with Gasteiger partial charge >= 0.3 is 20.8 Å². The lowest BCUT2D eigenvalue weighted by Crippen LogP contribution is -2.25. The van der Waals surface area contributed by atoms with Gasteiger partial charge in [-0.25, -0.2) is 8.37 Å². The molecular weight excluding hydrogens is 388 g/mol. The summed E-state index contributed by atoms with van der Waals surface area (Å²) >= 11 is 0. The molecule has 0 fully saturated rings. The lowest BCUT2D eigenvalue weighted by Gasteiger charge is -2.14. The van der Waals surface area contributed by atoms with Crippen LogP contribution in [0.15, 0.2) is 24.3 Å². The number of hydrogen-bond donors (Lipinski definition) is 4. The van der Waals surface area contributed by atoms with Gasteiger partial charge in [-0.2, -0.15) is 16.8 Å².